The van der Waals surface area contributed by atoms with E-state index in [1.807, 2.05) is 30.3 Å². The topological polar surface area (TPSA) is 0 Å². The van der Waals surface area contributed by atoms with Gasteiger partial charge in [-0.1, -0.05) is 0 Å². The molecule has 1 aromatic carbocycles. The van der Waals surface area contributed by atoms with Gasteiger partial charge in [0.25, 0.3) is 0 Å². The predicted octanol–water partition coefficient (Wildman–Crippen LogP) is 2.75. The summed E-state index contributed by atoms with van der Waals surface area (Å²) in [7, 11) is 4.67. The third-order valence-corrected chi connectivity index (χ3v) is 0.607. The van der Waals surface area contributed by atoms with Gasteiger partial charge in [0.05, 0.1) is 0 Å². The molecule has 1 aromatic rings. The Kier molecular flexibility index (Phi) is 29.5. The SMILES string of the molecule is I.PP.[Pd].[c-]1ccccc1. The fourth-order valence-electron chi connectivity index (χ4n) is 0.342. The van der Waals surface area contributed by atoms with Crippen LogP contribution < -0.4 is 0 Å². The van der Waals surface area contributed by atoms with Gasteiger partial charge in [-0.05, 0) is 0 Å². The molecule has 10 heavy (non-hydrogen) atoms. The number of rotatable bonds is 0. The van der Waals surface area contributed by atoms with Crippen LogP contribution in [0, 0.1) is 6.07 Å². The molecule has 0 aromatic heterocycles. The summed E-state index contributed by atoms with van der Waals surface area (Å²) in [6.07, 6.45) is 0. The average molecular weight is 377 g/mol. The minimum Gasteiger partial charge on any atom is -0.184 e. The number of benzene rings is 1. The van der Waals surface area contributed by atoms with Crippen molar-refractivity contribution in [2.24, 2.45) is 0 Å². The average Bonchev–Trinajstić information content (AvgIpc) is 1.96. The molecular formula is C6H10IP2Pd-. The molecule has 62 valence electrons. The Labute approximate surface area is 97.9 Å². The summed E-state index contributed by atoms with van der Waals surface area (Å²) >= 11 is 0. The van der Waals surface area contributed by atoms with E-state index < -0.39 is 0 Å². The summed E-state index contributed by atoms with van der Waals surface area (Å²) in [5.74, 6) is 0. The Morgan fingerprint density at radius 1 is 0.900 bits per heavy atom. The molecule has 0 aliphatic rings. The molecule has 2 atom stereocenters. The molecule has 1 rings (SSSR count). The van der Waals surface area contributed by atoms with Crippen LogP contribution in [0.4, 0.5) is 0 Å². The maximum atomic E-state index is 2.89. The second-order valence-electron chi connectivity index (χ2n) is 1.08. The Balaban J connectivity index is -0.000000114. The van der Waals surface area contributed by atoms with Crippen molar-refractivity contribution >= 4 is 41.8 Å². The van der Waals surface area contributed by atoms with Crippen LogP contribution in [-0.4, -0.2) is 0 Å². The fraction of sp³-hybridized carbons (Fsp3) is 0. The third kappa shape index (κ3) is 12.2. The van der Waals surface area contributed by atoms with Gasteiger partial charge in [-0.15, -0.1) is 41.8 Å². The first-order valence-electron chi connectivity index (χ1n) is 2.24. The molecule has 0 nitrogen and oxygen atoms in total. The summed E-state index contributed by atoms with van der Waals surface area (Å²) in [5.41, 5.74) is 0. The molecule has 0 saturated heterocycles. The molecule has 0 aliphatic heterocycles. The van der Waals surface area contributed by atoms with E-state index in [0.717, 1.165) is 0 Å². The molecule has 0 N–H and O–H groups in total. The number of halogens is 1. The van der Waals surface area contributed by atoms with Crippen molar-refractivity contribution in [2.75, 3.05) is 0 Å². The van der Waals surface area contributed by atoms with E-state index in [1.165, 1.54) is 0 Å². The molecule has 0 amide bonds. The first-order chi connectivity index (χ1) is 4.00. The van der Waals surface area contributed by atoms with E-state index in [4.69, 9.17) is 0 Å². The molecule has 0 heterocycles. The van der Waals surface area contributed by atoms with Crippen LogP contribution in [0.5, 0.6) is 0 Å². The molecule has 2 unspecified atom stereocenters. The van der Waals surface area contributed by atoms with Crippen molar-refractivity contribution in [3.05, 3.63) is 36.4 Å². The molecule has 0 radical (unpaired) electrons. The maximum Gasteiger partial charge on any atom is 0 e. The summed E-state index contributed by atoms with van der Waals surface area (Å²) in [6, 6.07) is 12.5. The van der Waals surface area contributed by atoms with Gasteiger partial charge in [0, 0.05) is 20.4 Å². The Hall–Kier alpha value is 1.47. The van der Waals surface area contributed by atoms with Crippen LogP contribution in [0.3, 0.4) is 0 Å². The van der Waals surface area contributed by atoms with Crippen LogP contribution >= 0.6 is 41.8 Å². The van der Waals surface area contributed by atoms with Crippen molar-refractivity contribution in [3.8, 4) is 0 Å². The van der Waals surface area contributed by atoms with E-state index in [0.29, 0.717) is 0 Å². The minimum absolute atomic E-state index is 0. The van der Waals surface area contributed by atoms with Gasteiger partial charge in [0.2, 0.25) is 0 Å². The van der Waals surface area contributed by atoms with Crippen LogP contribution in [0.2, 0.25) is 0 Å². The monoisotopic (exact) mass is 377 g/mol. The molecule has 0 saturated carbocycles. The van der Waals surface area contributed by atoms with Crippen LogP contribution in [0.1, 0.15) is 0 Å². The van der Waals surface area contributed by atoms with Gasteiger partial charge >= 0.3 is 0 Å². The third-order valence-electron chi connectivity index (χ3n) is 0.607. The fourth-order valence-corrected chi connectivity index (χ4v) is 0.342. The normalized spacial score (nSPS) is 5.40. The first kappa shape index (κ1) is 17.5. The minimum atomic E-state index is 0. The first-order valence-corrected chi connectivity index (χ1v) is 4.91. The van der Waals surface area contributed by atoms with Gasteiger partial charge < -0.3 is 0 Å². The van der Waals surface area contributed by atoms with Crippen LogP contribution in [0.25, 0.3) is 0 Å². The van der Waals surface area contributed by atoms with Crippen molar-refractivity contribution in [1.29, 1.82) is 0 Å². The zero-order valence-electron chi connectivity index (χ0n) is 5.27. The summed E-state index contributed by atoms with van der Waals surface area (Å²) in [6.45, 7) is 0. The molecule has 0 bridgehead atoms. The second kappa shape index (κ2) is 16.8. The molecule has 0 aliphatic carbocycles. The van der Waals surface area contributed by atoms with Gasteiger partial charge in [0.1, 0.15) is 0 Å². The zero-order chi connectivity index (χ0) is 6.24. The summed E-state index contributed by atoms with van der Waals surface area (Å²) in [4.78, 5) is 0. The molecule has 0 spiro atoms. The molecule has 0 fully saturated rings. The van der Waals surface area contributed by atoms with E-state index in [-0.39, 0.29) is 44.4 Å². The maximum absolute atomic E-state index is 2.89. The number of hydrogen-bond donors (Lipinski definition) is 0. The number of hydrogen-bond acceptors (Lipinski definition) is 0. The van der Waals surface area contributed by atoms with Crippen molar-refractivity contribution in [3.63, 3.8) is 0 Å². The quantitative estimate of drug-likeness (QED) is 0.282. The van der Waals surface area contributed by atoms with E-state index in [1.54, 1.807) is 0 Å². The molecular weight excluding hydrogens is 367 g/mol. The summed E-state index contributed by atoms with van der Waals surface area (Å²) in [5, 5.41) is 0. The van der Waals surface area contributed by atoms with Crippen molar-refractivity contribution < 1.29 is 20.4 Å². The van der Waals surface area contributed by atoms with Crippen molar-refractivity contribution in [2.45, 2.75) is 0 Å². The van der Waals surface area contributed by atoms with Crippen LogP contribution in [-0.2, 0) is 20.4 Å². The Morgan fingerprint density at radius 2 is 1.30 bits per heavy atom. The standard InChI is InChI=1S/C6H5.HI.H4P2.Pd/c1-2-4-6-5-3-1;;1-2;/h1-5H;1H;1-2H2;/q-1;;;. The van der Waals surface area contributed by atoms with E-state index in [9.17, 15) is 0 Å². The van der Waals surface area contributed by atoms with Gasteiger partial charge in [-0.3, -0.25) is 0 Å². The molecule has 4 heteroatoms. The van der Waals surface area contributed by atoms with Gasteiger partial charge in [-0.25, -0.2) is 0 Å². The van der Waals surface area contributed by atoms with E-state index >= 15 is 0 Å². The smallest absolute Gasteiger partial charge is 0 e. The second-order valence-corrected chi connectivity index (χ2v) is 1.08. The Morgan fingerprint density at radius 3 is 1.40 bits per heavy atom. The predicted molar refractivity (Wildman–Crippen MR) is 60.1 cm³/mol. The van der Waals surface area contributed by atoms with Crippen molar-refractivity contribution in [1.82, 2.24) is 0 Å². The largest absolute Gasteiger partial charge is 0.184 e. The Bertz CT molecular complexity index is 87.7. The zero-order valence-corrected chi connectivity index (χ0v) is 11.5. The van der Waals surface area contributed by atoms with E-state index in [2.05, 4.69) is 23.9 Å². The van der Waals surface area contributed by atoms with Gasteiger partial charge in [-0.2, -0.15) is 36.4 Å². The summed E-state index contributed by atoms with van der Waals surface area (Å²) < 4.78 is 0. The van der Waals surface area contributed by atoms with Gasteiger partial charge in [0.15, 0.2) is 0 Å². The van der Waals surface area contributed by atoms with Crippen LogP contribution in [0.15, 0.2) is 30.3 Å².